The minimum atomic E-state index is -0.818. The van der Waals surface area contributed by atoms with E-state index in [1.54, 1.807) is 13.8 Å². The second-order valence-corrected chi connectivity index (χ2v) is 7.60. The molecule has 0 unspecified atom stereocenters. The van der Waals surface area contributed by atoms with E-state index in [2.05, 4.69) is 19.2 Å². The summed E-state index contributed by atoms with van der Waals surface area (Å²) in [7, 11) is 0. The van der Waals surface area contributed by atoms with Crippen molar-refractivity contribution in [1.29, 1.82) is 0 Å². The summed E-state index contributed by atoms with van der Waals surface area (Å²) in [6, 6.07) is 0. The maximum absolute atomic E-state index is 11.9. The summed E-state index contributed by atoms with van der Waals surface area (Å²) >= 11 is 0. The first-order valence-corrected chi connectivity index (χ1v) is 7.62. The fraction of sp³-hybridized carbons (Fsp3) is 0.875. The van der Waals surface area contributed by atoms with Crippen LogP contribution in [0.5, 0.6) is 0 Å². The summed E-state index contributed by atoms with van der Waals surface area (Å²) in [5.74, 6) is -0.257. The zero-order valence-electron chi connectivity index (χ0n) is 13.3. The third-order valence-electron chi connectivity index (χ3n) is 4.58. The normalized spacial score (nSPS) is 19.6. The van der Waals surface area contributed by atoms with Gasteiger partial charge in [0, 0.05) is 13.0 Å². The number of hydrogen-bond acceptors (Lipinski definition) is 2. The van der Waals surface area contributed by atoms with E-state index < -0.39 is 11.4 Å². The van der Waals surface area contributed by atoms with Crippen LogP contribution in [0, 0.1) is 16.7 Å². The van der Waals surface area contributed by atoms with E-state index in [1.165, 1.54) is 12.8 Å². The highest BCUT2D eigenvalue weighted by molar-refractivity contribution is 5.76. The summed E-state index contributed by atoms with van der Waals surface area (Å²) in [4.78, 5) is 22.8. The van der Waals surface area contributed by atoms with E-state index in [9.17, 15) is 9.59 Å². The molecule has 0 spiro atoms. The van der Waals surface area contributed by atoms with Gasteiger partial charge < -0.3 is 10.4 Å². The highest BCUT2D eigenvalue weighted by Gasteiger charge is 2.29. The lowest BCUT2D eigenvalue weighted by atomic mass is 9.72. The average molecular weight is 283 g/mol. The Bertz CT molecular complexity index is 351. The first kappa shape index (κ1) is 17.0. The summed E-state index contributed by atoms with van der Waals surface area (Å²) in [5, 5.41) is 11.9. The van der Waals surface area contributed by atoms with Crippen LogP contribution in [-0.4, -0.2) is 23.5 Å². The van der Waals surface area contributed by atoms with Crippen molar-refractivity contribution in [2.75, 3.05) is 6.54 Å². The second kappa shape index (κ2) is 6.59. The SMILES string of the molecule is CC1(C)CCC(CC(=O)NCCC(C)(C)C(=O)O)CC1. The van der Waals surface area contributed by atoms with Crippen LogP contribution >= 0.6 is 0 Å². The number of nitrogens with one attached hydrogen (secondary N) is 1. The van der Waals surface area contributed by atoms with Crippen LogP contribution in [-0.2, 0) is 9.59 Å². The van der Waals surface area contributed by atoms with Crippen LogP contribution in [0.2, 0.25) is 0 Å². The van der Waals surface area contributed by atoms with Crippen molar-refractivity contribution < 1.29 is 14.7 Å². The Balaban J connectivity index is 2.23. The number of carboxylic acid groups (broad SMARTS) is 1. The molecule has 20 heavy (non-hydrogen) atoms. The predicted molar refractivity (Wildman–Crippen MR) is 79.4 cm³/mol. The van der Waals surface area contributed by atoms with Crippen LogP contribution in [0.15, 0.2) is 0 Å². The minimum Gasteiger partial charge on any atom is -0.481 e. The maximum atomic E-state index is 11.9. The lowest BCUT2D eigenvalue weighted by Gasteiger charge is -2.34. The molecule has 0 radical (unpaired) electrons. The monoisotopic (exact) mass is 283 g/mol. The predicted octanol–water partition coefficient (Wildman–Crippen LogP) is 3.21. The molecule has 2 N–H and O–H groups in total. The highest BCUT2D eigenvalue weighted by Crippen LogP contribution is 2.39. The molecule has 4 nitrogen and oxygen atoms in total. The van der Waals surface area contributed by atoms with Gasteiger partial charge in [0.15, 0.2) is 0 Å². The highest BCUT2D eigenvalue weighted by atomic mass is 16.4. The Kier molecular flexibility index (Phi) is 5.60. The molecule has 0 aromatic heterocycles. The molecule has 1 aliphatic carbocycles. The van der Waals surface area contributed by atoms with E-state index in [4.69, 9.17) is 5.11 Å². The number of rotatable bonds is 6. The van der Waals surface area contributed by atoms with Crippen LogP contribution in [0.1, 0.15) is 66.2 Å². The quantitative estimate of drug-likeness (QED) is 0.786. The fourth-order valence-corrected chi connectivity index (χ4v) is 2.62. The van der Waals surface area contributed by atoms with Gasteiger partial charge in [-0.25, -0.2) is 0 Å². The van der Waals surface area contributed by atoms with Crippen molar-refractivity contribution in [3.63, 3.8) is 0 Å². The van der Waals surface area contributed by atoms with E-state index in [0.717, 1.165) is 12.8 Å². The Hall–Kier alpha value is -1.06. The van der Waals surface area contributed by atoms with Crippen molar-refractivity contribution in [3.8, 4) is 0 Å². The molecular weight excluding hydrogens is 254 g/mol. The van der Waals surface area contributed by atoms with Gasteiger partial charge in [0.1, 0.15) is 0 Å². The number of carbonyl (C=O) groups excluding carboxylic acids is 1. The molecule has 1 saturated carbocycles. The van der Waals surface area contributed by atoms with Gasteiger partial charge in [0.25, 0.3) is 0 Å². The van der Waals surface area contributed by atoms with Gasteiger partial charge in [-0.2, -0.15) is 0 Å². The van der Waals surface area contributed by atoms with Crippen LogP contribution < -0.4 is 5.32 Å². The molecule has 0 aromatic carbocycles. The van der Waals surface area contributed by atoms with E-state index >= 15 is 0 Å². The van der Waals surface area contributed by atoms with Crippen LogP contribution in [0.25, 0.3) is 0 Å². The summed E-state index contributed by atoms with van der Waals surface area (Å²) in [6.07, 6.45) is 5.69. The number of hydrogen-bond donors (Lipinski definition) is 2. The van der Waals surface area contributed by atoms with Crippen LogP contribution in [0.4, 0.5) is 0 Å². The molecule has 0 bridgehead atoms. The van der Waals surface area contributed by atoms with Crippen molar-refractivity contribution in [3.05, 3.63) is 0 Å². The van der Waals surface area contributed by atoms with Gasteiger partial charge in [-0.05, 0) is 57.3 Å². The Morgan fingerprint density at radius 3 is 2.30 bits per heavy atom. The molecule has 0 heterocycles. The molecule has 0 atom stereocenters. The third-order valence-corrected chi connectivity index (χ3v) is 4.58. The number of aliphatic carboxylic acids is 1. The fourth-order valence-electron chi connectivity index (χ4n) is 2.62. The van der Waals surface area contributed by atoms with E-state index in [0.29, 0.717) is 30.7 Å². The Morgan fingerprint density at radius 2 is 1.80 bits per heavy atom. The van der Waals surface area contributed by atoms with Gasteiger partial charge in [-0.3, -0.25) is 9.59 Å². The van der Waals surface area contributed by atoms with Gasteiger partial charge in [-0.1, -0.05) is 13.8 Å². The average Bonchev–Trinajstić information content (AvgIpc) is 2.31. The first-order valence-electron chi connectivity index (χ1n) is 7.62. The molecule has 1 rings (SSSR count). The third kappa shape index (κ3) is 5.51. The van der Waals surface area contributed by atoms with Crippen molar-refractivity contribution in [2.24, 2.45) is 16.7 Å². The van der Waals surface area contributed by atoms with Gasteiger partial charge in [-0.15, -0.1) is 0 Å². The molecular formula is C16H29NO3. The van der Waals surface area contributed by atoms with Crippen molar-refractivity contribution in [2.45, 2.75) is 66.2 Å². The zero-order valence-corrected chi connectivity index (χ0v) is 13.3. The topological polar surface area (TPSA) is 66.4 Å². The van der Waals surface area contributed by atoms with Gasteiger partial charge >= 0.3 is 5.97 Å². The van der Waals surface area contributed by atoms with Gasteiger partial charge in [0.2, 0.25) is 5.91 Å². The molecule has 4 heteroatoms. The number of amides is 1. The van der Waals surface area contributed by atoms with Crippen molar-refractivity contribution in [1.82, 2.24) is 5.32 Å². The molecule has 1 aliphatic rings. The summed E-state index contributed by atoms with van der Waals surface area (Å²) < 4.78 is 0. The maximum Gasteiger partial charge on any atom is 0.309 e. The van der Waals surface area contributed by atoms with E-state index in [-0.39, 0.29) is 5.91 Å². The van der Waals surface area contributed by atoms with Crippen LogP contribution in [0.3, 0.4) is 0 Å². The smallest absolute Gasteiger partial charge is 0.309 e. The first-order chi connectivity index (χ1) is 9.12. The van der Waals surface area contributed by atoms with Gasteiger partial charge in [0.05, 0.1) is 5.41 Å². The van der Waals surface area contributed by atoms with Crippen molar-refractivity contribution >= 4 is 11.9 Å². The Morgan fingerprint density at radius 1 is 1.25 bits per heavy atom. The minimum absolute atomic E-state index is 0.0656. The molecule has 0 aliphatic heterocycles. The Labute approximate surface area is 122 Å². The molecule has 1 amide bonds. The number of carbonyl (C=O) groups is 2. The van der Waals surface area contributed by atoms with E-state index in [1.807, 2.05) is 0 Å². The molecule has 116 valence electrons. The zero-order chi connectivity index (χ0) is 15.4. The lowest BCUT2D eigenvalue weighted by molar-refractivity contribution is -0.147. The second-order valence-electron chi connectivity index (χ2n) is 7.60. The molecule has 0 aromatic rings. The molecule has 1 fully saturated rings. The number of carboxylic acids is 1. The molecule has 0 saturated heterocycles. The largest absolute Gasteiger partial charge is 0.481 e. The summed E-state index contributed by atoms with van der Waals surface area (Å²) in [5.41, 5.74) is -0.347. The standard InChI is InChI=1S/C16H29NO3/c1-15(2)7-5-12(6-8-15)11-13(18)17-10-9-16(3,4)14(19)20/h12H,5-11H2,1-4H3,(H,17,18)(H,19,20). The summed E-state index contributed by atoms with van der Waals surface area (Å²) in [6.45, 7) is 8.39. The lowest BCUT2D eigenvalue weighted by Crippen LogP contribution is -2.33.